The second-order valence-corrected chi connectivity index (χ2v) is 7.73. The van der Waals surface area contributed by atoms with Gasteiger partial charge in [-0.25, -0.2) is 4.79 Å². The van der Waals surface area contributed by atoms with Crippen LogP contribution in [0.5, 0.6) is 0 Å². The molecule has 0 heterocycles. The molecule has 1 atom stereocenters. The van der Waals surface area contributed by atoms with Gasteiger partial charge in [0, 0.05) is 21.7 Å². The number of hydrogen-bond donors (Lipinski definition) is 2. The minimum absolute atomic E-state index is 0.116. The van der Waals surface area contributed by atoms with E-state index in [1.54, 1.807) is 12.1 Å². The average molecular weight is 399 g/mol. The number of nitrogens with one attached hydrogen (secondary N) is 2. The van der Waals surface area contributed by atoms with Crippen molar-refractivity contribution in [2.75, 3.05) is 5.75 Å². The first-order valence-corrected chi connectivity index (χ1v) is 9.99. The summed E-state index contributed by atoms with van der Waals surface area (Å²) >= 11 is 7.31. The molecule has 1 aromatic carbocycles. The van der Waals surface area contributed by atoms with Crippen molar-refractivity contribution in [2.24, 2.45) is 0 Å². The smallest absolute Gasteiger partial charge is 0.321 e. The van der Waals surface area contributed by atoms with E-state index < -0.39 is 24.0 Å². The zero-order valence-electron chi connectivity index (χ0n) is 14.6. The number of thioether (sulfide) groups is 1. The first-order chi connectivity index (χ1) is 12.4. The summed E-state index contributed by atoms with van der Waals surface area (Å²) in [6.07, 6.45) is 3.17. The minimum Gasteiger partial charge on any atom is -0.453 e. The third-order valence-corrected chi connectivity index (χ3v) is 5.26. The van der Waals surface area contributed by atoms with Crippen molar-refractivity contribution in [3.63, 3.8) is 0 Å². The second-order valence-electron chi connectivity index (χ2n) is 6.13. The second kappa shape index (κ2) is 10.4. The Kier molecular flexibility index (Phi) is 8.25. The number of halogens is 1. The van der Waals surface area contributed by atoms with E-state index >= 15 is 0 Å². The quantitative estimate of drug-likeness (QED) is 0.542. The zero-order valence-corrected chi connectivity index (χ0v) is 16.2. The average Bonchev–Trinajstić information content (AvgIpc) is 3.09. The number of carbonyl (C=O) groups excluding carboxylic acids is 3. The lowest BCUT2D eigenvalue weighted by Gasteiger charge is -2.15. The molecule has 1 aromatic rings. The van der Waals surface area contributed by atoms with Crippen molar-refractivity contribution in [3.8, 4) is 0 Å². The summed E-state index contributed by atoms with van der Waals surface area (Å²) in [7, 11) is 0. The van der Waals surface area contributed by atoms with Gasteiger partial charge in [-0.3, -0.25) is 14.9 Å². The fourth-order valence-corrected chi connectivity index (χ4v) is 3.56. The van der Waals surface area contributed by atoms with Crippen LogP contribution in [0.25, 0.3) is 0 Å². The van der Waals surface area contributed by atoms with Crippen LogP contribution >= 0.6 is 23.4 Å². The van der Waals surface area contributed by atoms with Gasteiger partial charge in [-0.15, -0.1) is 11.8 Å². The van der Waals surface area contributed by atoms with Crippen molar-refractivity contribution in [1.82, 2.24) is 10.6 Å². The maximum absolute atomic E-state index is 11.9. The lowest BCUT2D eigenvalue weighted by molar-refractivity contribution is -0.154. The number of esters is 1. The van der Waals surface area contributed by atoms with Crippen molar-refractivity contribution in [2.45, 2.75) is 56.1 Å². The predicted molar refractivity (Wildman–Crippen MR) is 101 cm³/mol. The van der Waals surface area contributed by atoms with E-state index in [4.69, 9.17) is 16.3 Å². The summed E-state index contributed by atoms with van der Waals surface area (Å²) in [6, 6.07) is 6.89. The van der Waals surface area contributed by atoms with Gasteiger partial charge in [0.15, 0.2) is 6.10 Å². The van der Waals surface area contributed by atoms with Crippen LogP contribution in [0.1, 0.15) is 39.0 Å². The molecule has 1 fully saturated rings. The Morgan fingerprint density at radius 2 is 1.88 bits per heavy atom. The van der Waals surface area contributed by atoms with Crippen LogP contribution in [0.4, 0.5) is 4.79 Å². The molecule has 1 saturated carbocycles. The largest absolute Gasteiger partial charge is 0.453 e. The van der Waals surface area contributed by atoms with E-state index in [1.807, 2.05) is 12.1 Å². The van der Waals surface area contributed by atoms with E-state index in [9.17, 15) is 14.4 Å². The van der Waals surface area contributed by atoms with Gasteiger partial charge in [-0.2, -0.15) is 0 Å². The summed E-state index contributed by atoms with van der Waals surface area (Å²) in [4.78, 5) is 36.5. The third-order valence-electron chi connectivity index (χ3n) is 3.99. The molecule has 2 N–H and O–H groups in total. The summed E-state index contributed by atoms with van der Waals surface area (Å²) < 4.78 is 5.07. The molecular weight excluding hydrogens is 376 g/mol. The van der Waals surface area contributed by atoms with Crippen molar-refractivity contribution in [1.29, 1.82) is 0 Å². The molecule has 26 heavy (non-hydrogen) atoms. The number of benzene rings is 1. The number of ether oxygens (including phenoxy) is 1. The molecule has 6 nitrogen and oxygen atoms in total. The predicted octanol–water partition coefficient (Wildman–Crippen LogP) is 3.52. The van der Waals surface area contributed by atoms with Crippen LogP contribution in [0.15, 0.2) is 29.2 Å². The Morgan fingerprint density at radius 3 is 2.54 bits per heavy atom. The molecule has 0 aliphatic heterocycles. The summed E-state index contributed by atoms with van der Waals surface area (Å²) in [5.41, 5.74) is 0. The normalized spacial score (nSPS) is 15.3. The summed E-state index contributed by atoms with van der Waals surface area (Å²) in [5, 5.41) is 5.62. The highest BCUT2D eigenvalue weighted by molar-refractivity contribution is 7.99. The Labute approximate surface area is 162 Å². The van der Waals surface area contributed by atoms with Crippen LogP contribution in [0.3, 0.4) is 0 Å². The lowest BCUT2D eigenvalue weighted by Crippen LogP contribution is -2.47. The van der Waals surface area contributed by atoms with E-state index in [2.05, 4.69) is 10.6 Å². The van der Waals surface area contributed by atoms with Crippen LogP contribution in [0, 0.1) is 0 Å². The monoisotopic (exact) mass is 398 g/mol. The molecule has 1 aliphatic carbocycles. The SMILES string of the molecule is C[C@@H](OC(=O)CCSc1ccc(Cl)cc1)C(=O)NC(=O)NC1CCCC1. The maximum atomic E-state index is 11.9. The van der Waals surface area contributed by atoms with Crippen LogP contribution in [0.2, 0.25) is 5.02 Å². The number of imide groups is 1. The molecule has 0 saturated heterocycles. The molecule has 0 aromatic heterocycles. The fourth-order valence-electron chi connectivity index (χ4n) is 2.60. The van der Waals surface area contributed by atoms with E-state index in [0.29, 0.717) is 10.8 Å². The topological polar surface area (TPSA) is 84.5 Å². The zero-order chi connectivity index (χ0) is 18.9. The van der Waals surface area contributed by atoms with Gasteiger partial charge in [0.05, 0.1) is 6.42 Å². The first kappa shape index (κ1) is 20.6. The van der Waals surface area contributed by atoms with Gasteiger partial charge >= 0.3 is 12.0 Å². The van der Waals surface area contributed by atoms with E-state index in [0.717, 1.165) is 30.6 Å². The number of carbonyl (C=O) groups is 3. The maximum Gasteiger partial charge on any atom is 0.321 e. The van der Waals surface area contributed by atoms with Crippen LogP contribution in [-0.4, -0.2) is 35.8 Å². The molecule has 2 rings (SSSR count). The van der Waals surface area contributed by atoms with Gasteiger partial charge in [0.1, 0.15) is 0 Å². The summed E-state index contributed by atoms with van der Waals surface area (Å²) in [5.74, 6) is -0.582. The van der Waals surface area contributed by atoms with Gasteiger partial charge in [0.2, 0.25) is 0 Å². The molecule has 0 spiro atoms. The third kappa shape index (κ3) is 7.25. The number of hydrogen-bond acceptors (Lipinski definition) is 5. The van der Waals surface area contributed by atoms with Gasteiger partial charge < -0.3 is 10.1 Å². The number of rotatable bonds is 7. The number of urea groups is 1. The highest BCUT2D eigenvalue weighted by atomic mass is 35.5. The molecule has 0 bridgehead atoms. The van der Waals surface area contributed by atoms with Crippen LogP contribution in [-0.2, 0) is 14.3 Å². The number of amides is 3. The lowest BCUT2D eigenvalue weighted by atomic mass is 10.2. The Bertz CT molecular complexity index is 633. The molecule has 1 aliphatic rings. The Balaban J connectivity index is 1.64. The minimum atomic E-state index is -1.02. The highest BCUT2D eigenvalue weighted by Gasteiger charge is 2.22. The van der Waals surface area contributed by atoms with E-state index in [-0.39, 0.29) is 12.5 Å². The van der Waals surface area contributed by atoms with Crippen molar-refractivity contribution in [3.05, 3.63) is 29.3 Å². The van der Waals surface area contributed by atoms with E-state index in [1.165, 1.54) is 18.7 Å². The van der Waals surface area contributed by atoms with Crippen LogP contribution < -0.4 is 10.6 Å². The Morgan fingerprint density at radius 1 is 1.23 bits per heavy atom. The standard InChI is InChI=1S/C18H23ClN2O4S/c1-12(17(23)21-18(24)20-14-4-2-3-5-14)25-16(22)10-11-26-15-8-6-13(19)7-9-15/h6-9,12,14H,2-5,10-11H2,1H3,(H2,20,21,23,24)/t12-/m1/s1. The van der Waals surface area contributed by atoms with Crippen molar-refractivity contribution >= 4 is 41.3 Å². The highest BCUT2D eigenvalue weighted by Crippen LogP contribution is 2.21. The van der Waals surface area contributed by atoms with Crippen molar-refractivity contribution < 1.29 is 19.1 Å². The van der Waals surface area contributed by atoms with Gasteiger partial charge in [0.25, 0.3) is 5.91 Å². The molecule has 142 valence electrons. The first-order valence-electron chi connectivity index (χ1n) is 8.63. The molecule has 0 radical (unpaired) electrons. The Hall–Kier alpha value is -1.73. The molecular formula is C18H23ClN2O4S. The molecule has 3 amide bonds. The molecule has 0 unspecified atom stereocenters. The van der Waals surface area contributed by atoms with Gasteiger partial charge in [-0.1, -0.05) is 24.4 Å². The summed E-state index contributed by atoms with van der Waals surface area (Å²) in [6.45, 7) is 1.45. The van der Waals surface area contributed by atoms with Gasteiger partial charge in [-0.05, 0) is 44.0 Å². The fraction of sp³-hybridized carbons (Fsp3) is 0.500. The molecule has 8 heteroatoms.